The third kappa shape index (κ3) is 8.64. The minimum atomic E-state index is -4.56. The predicted molar refractivity (Wildman–Crippen MR) is 132 cm³/mol. The van der Waals surface area contributed by atoms with Gasteiger partial charge in [-0.1, -0.05) is 12.1 Å². The van der Waals surface area contributed by atoms with Gasteiger partial charge in [-0.05, 0) is 36.6 Å². The molecule has 0 saturated heterocycles. The summed E-state index contributed by atoms with van der Waals surface area (Å²) in [5.41, 5.74) is 9.42. The molecule has 1 atom stereocenters. The molecule has 17 heteroatoms. The van der Waals surface area contributed by atoms with E-state index in [1.54, 1.807) is 0 Å². The van der Waals surface area contributed by atoms with E-state index in [4.69, 9.17) is 22.0 Å². The van der Waals surface area contributed by atoms with E-state index in [9.17, 15) is 41.3 Å². The number of guanidine groups is 1. The lowest BCUT2D eigenvalue weighted by Crippen LogP contribution is -2.45. The van der Waals surface area contributed by atoms with Gasteiger partial charge in [0.25, 0.3) is 5.69 Å². The average molecular weight is 575 g/mol. The largest absolute Gasteiger partial charge is 0.480 e. The lowest BCUT2D eigenvalue weighted by molar-refractivity contribution is -0.384. The van der Waals surface area contributed by atoms with Gasteiger partial charge in [-0.25, -0.2) is 8.42 Å². The zero-order valence-corrected chi connectivity index (χ0v) is 21.0. The third-order valence-electron chi connectivity index (χ3n) is 5.39. The molecule has 212 valence electrons. The number of hydrogen-bond acceptors (Lipinski definition) is 9. The zero-order valence-electron chi connectivity index (χ0n) is 20.1. The fourth-order valence-corrected chi connectivity index (χ4v) is 4.72. The van der Waals surface area contributed by atoms with Crippen LogP contribution in [0.1, 0.15) is 24.0 Å². The highest BCUT2D eigenvalue weighted by molar-refractivity contribution is 7.92. The number of sulfone groups is 1. The summed E-state index contributed by atoms with van der Waals surface area (Å²) in [5, 5.41) is 30.3. The molecule has 2 aromatic carbocycles. The Morgan fingerprint density at radius 1 is 1.18 bits per heavy atom. The molecule has 0 fully saturated rings. The van der Waals surface area contributed by atoms with Crippen LogP contribution in [0.3, 0.4) is 0 Å². The van der Waals surface area contributed by atoms with Crippen molar-refractivity contribution in [2.75, 3.05) is 17.6 Å². The minimum absolute atomic E-state index is 0.00367. The maximum absolute atomic E-state index is 13.1. The quantitative estimate of drug-likeness (QED) is 0.107. The van der Waals surface area contributed by atoms with E-state index in [1.165, 1.54) is 0 Å². The zero-order chi connectivity index (χ0) is 29.5. The topological polar surface area (TPSA) is 223 Å². The molecule has 7 N–H and O–H groups in total. The molecule has 0 bridgehead atoms. The van der Waals surface area contributed by atoms with Crippen molar-refractivity contribution in [1.82, 2.24) is 4.90 Å². The summed E-state index contributed by atoms with van der Waals surface area (Å²) in [4.78, 5) is 34.1. The second-order valence-electron chi connectivity index (χ2n) is 8.26. The molecule has 2 rings (SSSR count). The van der Waals surface area contributed by atoms with Gasteiger partial charge in [-0.3, -0.25) is 30.0 Å². The van der Waals surface area contributed by atoms with E-state index in [-0.39, 0.29) is 31.6 Å². The Hall–Kier alpha value is -4.25. The standard InChI is InChI=1S/C22H25F3N6O7S/c23-22(24,25)14-5-3-13(4-6-14)11-29-17-10-15(31(35)36)7-8-18(17)39(37,38)12-19(32)30(21(27)28)9-1-2-16(26)20(33)34/h3-8,10,16,29H,1-2,9,11-12,26H2,(H3,27,28)(H,33,34). The smallest absolute Gasteiger partial charge is 0.416 e. The number of rotatable bonds is 12. The molecule has 0 aromatic heterocycles. The molecule has 0 aliphatic rings. The molecule has 0 radical (unpaired) electrons. The number of nitrogens with one attached hydrogen (secondary N) is 2. The minimum Gasteiger partial charge on any atom is -0.480 e. The number of nitro groups is 1. The number of nitrogens with zero attached hydrogens (tertiary/aromatic N) is 2. The SMILES string of the molecule is N=C(N)N(CCCC(N)C(=O)O)C(=O)CS(=O)(=O)c1ccc([N+](=O)[O-])cc1NCc1ccc(C(F)(F)F)cc1. The highest BCUT2D eigenvalue weighted by atomic mass is 32.2. The normalized spacial score (nSPS) is 12.4. The van der Waals surface area contributed by atoms with Gasteiger partial charge < -0.3 is 21.9 Å². The van der Waals surface area contributed by atoms with Gasteiger partial charge in [0.05, 0.1) is 21.1 Å². The number of hydrogen-bond donors (Lipinski definition) is 5. The Balaban J connectivity index is 2.27. The van der Waals surface area contributed by atoms with Gasteiger partial charge in [0.1, 0.15) is 11.8 Å². The number of carbonyl (C=O) groups is 2. The fraction of sp³-hybridized carbons (Fsp3) is 0.318. The van der Waals surface area contributed by atoms with E-state index in [1.807, 2.05) is 0 Å². The van der Waals surface area contributed by atoms with Crippen molar-refractivity contribution in [1.29, 1.82) is 5.41 Å². The summed E-state index contributed by atoms with van der Waals surface area (Å²) in [6, 6.07) is 5.39. The summed E-state index contributed by atoms with van der Waals surface area (Å²) in [6.07, 6.45) is -4.65. The molecule has 1 amide bonds. The van der Waals surface area contributed by atoms with Crippen LogP contribution in [-0.4, -0.2) is 59.5 Å². The van der Waals surface area contributed by atoms with Gasteiger partial charge in [-0.2, -0.15) is 13.2 Å². The summed E-state index contributed by atoms with van der Waals surface area (Å²) < 4.78 is 64.6. The lowest BCUT2D eigenvalue weighted by Gasteiger charge is -2.21. The molecule has 0 heterocycles. The third-order valence-corrected chi connectivity index (χ3v) is 7.05. The molecule has 2 aromatic rings. The first-order valence-electron chi connectivity index (χ1n) is 11.1. The Labute approximate surface area is 220 Å². The number of halogens is 3. The van der Waals surface area contributed by atoms with E-state index in [0.29, 0.717) is 10.5 Å². The van der Waals surface area contributed by atoms with Crippen LogP contribution < -0.4 is 16.8 Å². The first-order chi connectivity index (χ1) is 18.0. The second-order valence-corrected chi connectivity index (χ2v) is 10.2. The van der Waals surface area contributed by atoms with Crippen molar-refractivity contribution >= 4 is 39.0 Å². The number of non-ortho nitro benzene ring substituents is 1. The van der Waals surface area contributed by atoms with Gasteiger partial charge in [0.15, 0.2) is 15.8 Å². The Kier molecular flexibility index (Phi) is 9.95. The van der Waals surface area contributed by atoms with Crippen molar-refractivity contribution in [3.63, 3.8) is 0 Å². The molecule has 0 saturated carbocycles. The summed E-state index contributed by atoms with van der Waals surface area (Å²) in [7, 11) is -4.49. The van der Waals surface area contributed by atoms with E-state index in [2.05, 4.69) is 5.32 Å². The van der Waals surface area contributed by atoms with Gasteiger partial charge in [-0.15, -0.1) is 0 Å². The summed E-state index contributed by atoms with van der Waals surface area (Å²) in [5.74, 6) is -4.38. The lowest BCUT2D eigenvalue weighted by atomic mass is 10.1. The Morgan fingerprint density at radius 3 is 2.31 bits per heavy atom. The van der Waals surface area contributed by atoms with E-state index >= 15 is 0 Å². The Bertz CT molecular complexity index is 1350. The Morgan fingerprint density at radius 2 is 1.79 bits per heavy atom. The average Bonchev–Trinajstić information content (AvgIpc) is 2.83. The number of carboxylic acids is 1. The van der Waals surface area contributed by atoms with Crippen LogP contribution >= 0.6 is 0 Å². The molecular weight excluding hydrogens is 549 g/mol. The number of carbonyl (C=O) groups excluding carboxylic acids is 1. The molecule has 1 unspecified atom stereocenters. The number of nitro benzene ring substituents is 1. The number of nitrogens with two attached hydrogens (primary N) is 2. The van der Waals surface area contributed by atoms with Crippen LogP contribution in [0, 0.1) is 15.5 Å². The van der Waals surface area contributed by atoms with Gasteiger partial charge in [0.2, 0.25) is 5.91 Å². The maximum atomic E-state index is 13.1. The highest BCUT2D eigenvalue weighted by Gasteiger charge is 2.30. The van der Waals surface area contributed by atoms with Crippen LogP contribution in [0.2, 0.25) is 0 Å². The van der Waals surface area contributed by atoms with E-state index in [0.717, 1.165) is 42.5 Å². The monoisotopic (exact) mass is 574 g/mol. The predicted octanol–water partition coefficient (Wildman–Crippen LogP) is 1.91. The second kappa shape index (κ2) is 12.5. The van der Waals surface area contributed by atoms with Gasteiger partial charge >= 0.3 is 12.1 Å². The maximum Gasteiger partial charge on any atom is 0.416 e. The van der Waals surface area contributed by atoms with Crippen molar-refractivity contribution in [3.8, 4) is 0 Å². The molecule has 0 aliphatic carbocycles. The number of aliphatic carboxylic acids is 1. The molecule has 13 nitrogen and oxygen atoms in total. The van der Waals surface area contributed by atoms with Crippen molar-refractivity contribution in [2.45, 2.75) is 36.5 Å². The molecular formula is C22H25F3N6O7S. The van der Waals surface area contributed by atoms with Crippen molar-refractivity contribution in [3.05, 3.63) is 63.7 Å². The van der Waals surface area contributed by atoms with Crippen molar-refractivity contribution in [2.24, 2.45) is 11.5 Å². The molecule has 0 aliphatic heterocycles. The van der Waals surface area contributed by atoms with Crippen LogP contribution in [0.5, 0.6) is 0 Å². The van der Waals surface area contributed by atoms with Crippen LogP contribution in [0.25, 0.3) is 0 Å². The fourth-order valence-electron chi connectivity index (χ4n) is 3.34. The number of benzene rings is 2. The highest BCUT2D eigenvalue weighted by Crippen LogP contribution is 2.30. The van der Waals surface area contributed by atoms with Crippen LogP contribution in [-0.2, 0) is 32.1 Å². The van der Waals surface area contributed by atoms with Crippen molar-refractivity contribution < 1.29 is 41.2 Å². The van der Waals surface area contributed by atoms with Crippen LogP contribution in [0.4, 0.5) is 24.5 Å². The van der Waals surface area contributed by atoms with Crippen LogP contribution in [0.15, 0.2) is 47.4 Å². The number of amides is 1. The number of carboxylic acid groups (broad SMARTS) is 1. The number of anilines is 1. The van der Waals surface area contributed by atoms with E-state index < -0.39 is 66.7 Å². The van der Waals surface area contributed by atoms with Gasteiger partial charge in [0, 0.05) is 25.2 Å². The molecule has 39 heavy (non-hydrogen) atoms. The summed E-state index contributed by atoms with van der Waals surface area (Å²) >= 11 is 0. The number of alkyl halides is 3. The summed E-state index contributed by atoms with van der Waals surface area (Å²) in [6.45, 7) is -0.497. The first kappa shape index (κ1) is 31.0. The first-order valence-corrected chi connectivity index (χ1v) is 12.7. The molecule has 0 spiro atoms.